The molecule has 0 spiro atoms. The molecule has 1 atom stereocenters. The van der Waals surface area contributed by atoms with E-state index < -0.39 is 9.84 Å². The van der Waals surface area contributed by atoms with Crippen LogP contribution in [0.4, 0.5) is 11.4 Å². The Labute approximate surface area is 158 Å². The first kappa shape index (κ1) is 18.9. The Balaban J connectivity index is 1.70. The molecule has 1 amide bonds. The molecule has 1 aliphatic heterocycles. The molecule has 1 aromatic carbocycles. The fourth-order valence-electron chi connectivity index (χ4n) is 3.19. The van der Waals surface area contributed by atoms with Crippen molar-refractivity contribution in [2.45, 2.75) is 19.4 Å². The van der Waals surface area contributed by atoms with E-state index in [2.05, 4.69) is 10.3 Å². The number of pyridine rings is 1. The summed E-state index contributed by atoms with van der Waals surface area (Å²) in [5, 5.41) is 11.5. The van der Waals surface area contributed by atoms with Gasteiger partial charge in [0, 0.05) is 18.3 Å². The molecule has 140 valence electrons. The van der Waals surface area contributed by atoms with Crippen LogP contribution in [0.1, 0.15) is 29.4 Å². The summed E-state index contributed by atoms with van der Waals surface area (Å²) in [5.74, 6) is 0.0202. The largest absolute Gasteiger partial charge is 0.367 e. The van der Waals surface area contributed by atoms with Crippen molar-refractivity contribution in [3.63, 3.8) is 0 Å². The van der Waals surface area contributed by atoms with Gasteiger partial charge >= 0.3 is 0 Å². The standard InChI is InChI=1S/C19H20N4O3S/c1-2-23(17-9-10-27(25,26)13-17)16-7-8-18(21-12-16)19(24)22-15-5-3-14(11-20)4-6-15/h3-8,12,17H,2,9-10,13H2,1H3,(H,22,24). The van der Waals surface area contributed by atoms with Gasteiger partial charge in [-0.15, -0.1) is 0 Å². The van der Waals surface area contributed by atoms with Crippen molar-refractivity contribution in [1.29, 1.82) is 5.26 Å². The molecule has 2 aromatic rings. The minimum Gasteiger partial charge on any atom is -0.367 e. The zero-order chi connectivity index (χ0) is 19.4. The number of rotatable bonds is 5. The van der Waals surface area contributed by atoms with Crippen LogP contribution in [0, 0.1) is 11.3 Å². The molecule has 1 fully saturated rings. The second kappa shape index (κ2) is 7.76. The number of anilines is 2. The summed E-state index contributed by atoms with van der Waals surface area (Å²) in [4.78, 5) is 18.6. The molecule has 7 nitrogen and oxygen atoms in total. The average Bonchev–Trinajstić information content (AvgIpc) is 3.03. The van der Waals surface area contributed by atoms with Gasteiger partial charge in [-0.05, 0) is 49.7 Å². The van der Waals surface area contributed by atoms with E-state index in [9.17, 15) is 13.2 Å². The van der Waals surface area contributed by atoms with Crippen molar-refractivity contribution >= 4 is 27.1 Å². The zero-order valence-electron chi connectivity index (χ0n) is 14.9. The quantitative estimate of drug-likeness (QED) is 0.848. The minimum absolute atomic E-state index is 0.0554. The number of hydrogen-bond donors (Lipinski definition) is 1. The molecule has 0 aliphatic carbocycles. The third-order valence-electron chi connectivity index (χ3n) is 4.57. The molecule has 8 heteroatoms. The number of nitriles is 1. The lowest BCUT2D eigenvalue weighted by molar-refractivity contribution is 0.102. The number of hydrogen-bond acceptors (Lipinski definition) is 6. The van der Waals surface area contributed by atoms with E-state index in [0.29, 0.717) is 24.2 Å². The van der Waals surface area contributed by atoms with Crippen molar-refractivity contribution < 1.29 is 13.2 Å². The van der Waals surface area contributed by atoms with Crippen LogP contribution in [0.5, 0.6) is 0 Å². The number of sulfone groups is 1. The molecule has 1 aromatic heterocycles. The van der Waals surface area contributed by atoms with Crippen LogP contribution in [0.2, 0.25) is 0 Å². The number of carbonyl (C=O) groups excluding carboxylic acids is 1. The number of benzene rings is 1. The van der Waals surface area contributed by atoms with E-state index in [1.807, 2.05) is 17.9 Å². The highest BCUT2D eigenvalue weighted by molar-refractivity contribution is 7.91. The molecule has 3 rings (SSSR count). The Bertz CT molecular complexity index is 964. The van der Waals surface area contributed by atoms with E-state index >= 15 is 0 Å². The summed E-state index contributed by atoms with van der Waals surface area (Å²) in [6.07, 6.45) is 2.21. The maximum absolute atomic E-state index is 12.3. The summed E-state index contributed by atoms with van der Waals surface area (Å²) >= 11 is 0. The SMILES string of the molecule is CCN(c1ccc(C(=O)Nc2ccc(C#N)cc2)nc1)C1CCS(=O)(=O)C1. The minimum atomic E-state index is -2.97. The molecule has 0 saturated carbocycles. The highest BCUT2D eigenvalue weighted by Gasteiger charge is 2.32. The second-order valence-corrected chi connectivity index (χ2v) is 8.62. The van der Waals surface area contributed by atoms with Crippen molar-refractivity contribution in [3.8, 4) is 6.07 Å². The Hall–Kier alpha value is -2.92. The van der Waals surface area contributed by atoms with Crippen LogP contribution in [-0.2, 0) is 9.84 Å². The Morgan fingerprint density at radius 1 is 1.30 bits per heavy atom. The second-order valence-electron chi connectivity index (χ2n) is 6.39. The molecule has 1 unspecified atom stereocenters. The molecular formula is C19H20N4O3S. The van der Waals surface area contributed by atoms with Gasteiger partial charge in [0.1, 0.15) is 5.69 Å². The fraction of sp³-hybridized carbons (Fsp3) is 0.316. The predicted molar refractivity (Wildman–Crippen MR) is 103 cm³/mol. The first-order chi connectivity index (χ1) is 12.9. The molecule has 0 radical (unpaired) electrons. The van der Waals surface area contributed by atoms with Crippen molar-refractivity contribution in [3.05, 3.63) is 53.9 Å². The Kier molecular flexibility index (Phi) is 5.42. The van der Waals surface area contributed by atoms with Crippen LogP contribution in [0.25, 0.3) is 0 Å². The third-order valence-corrected chi connectivity index (χ3v) is 6.32. The summed E-state index contributed by atoms with van der Waals surface area (Å²) in [7, 11) is -2.97. The maximum atomic E-state index is 12.3. The number of carbonyl (C=O) groups is 1. The number of nitrogens with zero attached hydrogens (tertiary/aromatic N) is 3. The number of aromatic nitrogens is 1. The number of nitrogens with one attached hydrogen (secondary N) is 1. The molecular weight excluding hydrogens is 364 g/mol. The summed E-state index contributed by atoms with van der Waals surface area (Å²) in [6, 6.07) is 11.9. The molecule has 2 heterocycles. The highest BCUT2D eigenvalue weighted by atomic mass is 32.2. The van der Waals surface area contributed by atoms with Gasteiger partial charge in [-0.3, -0.25) is 4.79 Å². The smallest absolute Gasteiger partial charge is 0.274 e. The first-order valence-electron chi connectivity index (χ1n) is 8.66. The number of amides is 1. The van der Waals surface area contributed by atoms with Gasteiger partial charge in [-0.25, -0.2) is 13.4 Å². The lowest BCUT2D eigenvalue weighted by Crippen LogP contribution is -2.36. The molecule has 1 N–H and O–H groups in total. The van der Waals surface area contributed by atoms with E-state index in [-0.39, 0.29) is 29.1 Å². The van der Waals surface area contributed by atoms with Gasteiger partial charge < -0.3 is 10.2 Å². The maximum Gasteiger partial charge on any atom is 0.274 e. The van der Waals surface area contributed by atoms with E-state index in [0.717, 1.165) is 5.69 Å². The van der Waals surface area contributed by atoms with E-state index in [1.165, 1.54) is 0 Å². The van der Waals surface area contributed by atoms with Crippen molar-refractivity contribution in [2.75, 3.05) is 28.3 Å². The first-order valence-corrected chi connectivity index (χ1v) is 10.5. The van der Waals surface area contributed by atoms with Gasteiger partial charge in [-0.2, -0.15) is 5.26 Å². The van der Waals surface area contributed by atoms with Crippen LogP contribution in [0.3, 0.4) is 0 Å². The summed E-state index contributed by atoms with van der Waals surface area (Å²) in [5.41, 5.74) is 2.16. The lowest BCUT2D eigenvalue weighted by Gasteiger charge is -2.28. The van der Waals surface area contributed by atoms with Gasteiger partial charge in [0.25, 0.3) is 5.91 Å². The predicted octanol–water partition coefficient (Wildman–Crippen LogP) is 2.22. The summed E-state index contributed by atoms with van der Waals surface area (Å²) < 4.78 is 23.5. The van der Waals surface area contributed by atoms with Crippen LogP contribution < -0.4 is 10.2 Å². The zero-order valence-corrected chi connectivity index (χ0v) is 15.7. The molecule has 1 aliphatic rings. The van der Waals surface area contributed by atoms with Crippen molar-refractivity contribution in [1.82, 2.24) is 4.98 Å². The van der Waals surface area contributed by atoms with Gasteiger partial charge in [-0.1, -0.05) is 0 Å². The third kappa shape index (κ3) is 4.44. The average molecular weight is 384 g/mol. The van der Waals surface area contributed by atoms with Crippen LogP contribution >= 0.6 is 0 Å². The fourth-order valence-corrected chi connectivity index (χ4v) is 4.92. The van der Waals surface area contributed by atoms with Crippen LogP contribution in [0.15, 0.2) is 42.6 Å². The van der Waals surface area contributed by atoms with E-state index in [1.54, 1.807) is 42.6 Å². The summed E-state index contributed by atoms with van der Waals surface area (Å²) in [6.45, 7) is 2.63. The normalized spacial score (nSPS) is 17.9. The van der Waals surface area contributed by atoms with E-state index in [4.69, 9.17) is 5.26 Å². The lowest BCUT2D eigenvalue weighted by atomic mass is 10.2. The van der Waals surface area contributed by atoms with Gasteiger partial charge in [0.15, 0.2) is 9.84 Å². The molecule has 1 saturated heterocycles. The topological polar surface area (TPSA) is 103 Å². The van der Waals surface area contributed by atoms with Gasteiger partial charge in [0.2, 0.25) is 0 Å². The Morgan fingerprint density at radius 3 is 2.56 bits per heavy atom. The van der Waals surface area contributed by atoms with Gasteiger partial charge in [0.05, 0.1) is 35.0 Å². The van der Waals surface area contributed by atoms with Crippen LogP contribution in [-0.4, -0.2) is 43.4 Å². The molecule has 0 bridgehead atoms. The van der Waals surface area contributed by atoms with Crippen molar-refractivity contribution in [2.24, 2.45) is 0 Å². The monoisotopic (exact) mass is 384 g/mol. The highest BCUT2D eigenvalue weighted by Crippen LogP contribution is 2.24. The molecule has 27 heavy (non-hydrogen) atoms. The Morgan fingerprint density at radius 2 is 2.04 bits per heavy atom.